The summed E-state index contributed by atoms with van der Waals surface area (Å²) in [5.74, 6) is -0.188. The second-order valence-electron chi connectivity index (χ2n) is 4.88. The van der Waals surface area contributed by atoms with Gasteiger partial charge in [-0.15, -0.1) is 0 Å². The van der Waals surface area contributed by atoms with Crippen LogP contribution in [0.5, 0.6) is 0 Å². The Morgan fingerprint density at radius 3 is 3.00 bits per heavy atom. The molecule has 1 fully saturated rings. The van der Waals surface area contributed by atoms with E-state index < -0.39 is 0 Å². The van der Waals surface area contributed by atoms with Crippen molar-refractivity contribution in [3.8, 4) is 0 Å². The Balaban J connectivity index is 1.85. The van der Waals surface area contributed by atoms with Crippen molar-refractivity contribution in [1.82, 2.24) is 4.98 Å². The highest BCUT2D eigenvalue weighted by atomic mass is 16.5. The van der Waals surface area contributed by atoms with Gasteiger partial charge in [-0.25, -0.2) is 4.98 Å². The third kappa shape index (κ3) is 2.10. The van der Waals surface area contributed by atoms with Crippen LogP contribution in [0.25, 0.3) is 11.1 Å². The number of hydrogen-bond acceptors (Lipinski definition) is 5. The molecule has 100 valence electrons. The number of nitrogens with zero attached hydrogens (tertiary/aromatic N) is 1. The number of aromatic nitrogens is 1. The lowest BCUT2D eigenvalue weighted by molar-refractivity contribution is -0.142. The summed E-state index contributed by atoms with van der Waals surface area (Å²) in [5.41, 5.74) is 2.63. The number of rotatable bonds is 4. The van der Waals surface area contributed by atoms with Gasteiger partial charge in [0.25, 0.3) is 0 Å². The predicted molar refractivity (Wildman–Crippen MR) is 67.8 cm³/mol. The molecule has 0 N–H and O–H groups in total. The van der Waals surface area contributed by atoms with E-state index in [1.165, 1.54) is 13.5 Å². The van der Waals surface area contributed by atoms with E-state index in [4.69, 9.17) is 13.9 Å². The van der Waals surface area contributed by atoms with E-state index in [9.17, 15) is 4.79 Å². The highest BCUT2D eigenvalue weighted by molar-refractivity contribution is 5.73. The number of benzene rings is 1. The van der Waals surface area contributed by atoms with Gasteiger partial charge in [0.15, 0.2) is 12.0 Å². The first kappa shape index (κ1) is 12.2. The van der Waals surface area contributed by atoms with Crippen molar-refractivity contribution in [2.45, 2.75) is 18.3 Å². The summed E-state index contributed by atoms with van der Waals surface area (Å²) in [6, 6.07) is 5.96. The quantitative estimate of drug-likeness (QED) is 0.788. The molecule has 1 saturated heterocycles. The van der Waals surface area contributed by atoms with E-state index in [0.29, 0.717) is 19.6 Å². The number of esters is 1. The zero-order valence-corrected chi connectivity index (χ0v) is 10.7. The second-order valence-corrected chi connectivity index (χ2v) is 4.88. The summed E-state index contributed by atoms with van der Waals surface area (Å²) < 4.78 is 15.4. The van der Waals surface area contributed by atoms with Crippen molar-refractivity contribution in [2.24, 2.45) is 0 Å². The van der Waals surface area contributed by atoms with E-state index >= 15 is 0 Å². The largest absolute Gasteiger partial charge is 0.469 e. The molecule has 0 unspecified atom stereocenters. The molecule has 0 atom stereocenters. The summed E-state index contributed by atoms with van der Waals surface area (Å²) in [6.07, 6.45) is 2.56. The van der Waals surface area contributed by atoms with Crippen LogP contribution in [0.4, 0.5) is 0 Å². The van der Waals surface area contributed by atoms with E-state index in [1.54, 1.807) is 0 Å². The van der Waals surface area contributed by atoms with Crippen LogP contribution in [-0.2, 0) is 19.7 Å². The molecular weight excluding hydrogens is 246 g/mol. The van der Waals surface area contributed by atoms with E-state index in [0.717, 1.165) is 23.1 Å². The predicted octanol–water partition coefficient (Wildman–Crippen LogP) is 2.05. The Hall–Kier alpha value is -1.88. The minimum atomic E-state index is -0.188. The summed E-state index contributed by atoms with van der Waals surface area (Å²) >= 11 is 0. The van der Waals surface area contributed by atoms with Gasteiger partial charge >= 0.3 is 5.97 Å². The van der Waals surface area contributed by atoms with Crippen LogP contribution in [0, 0.1) is 0 Å². The van der Waals surface area contributed by atoms with E-state index in [1.807, 2.05) is 18.2 Å². The van der Waals surface area contributed by atoms with Crippen molar-refractivity contribution in [3.05, 3.63) is 30.2 Å². The molecular formula is C14H15NO4. The topological polar surface area (TPSA) is 61.6 Å². The lowest BCUT2D eigenvalue weighted by Crippen LogP contribution is -2.47. The van der Waals surface area contributed by atoms with Gasteiger partial charge in [0.2, 0.25) is 0 Å². The molecule has 0 saturated carbocycles. The van der Waals surface area contributed by atoms with E-state index in [-0.39, 0.29) is 11.4 Å². The molecule has 5 heteroatoms. The van der Waals surface area contributed by atoms with Gasteiger partial charge in [-0.2, -0.15) is 0 Å². The number of ether oxygens (including phenoxy) is 2. The van der Waals surface area contributed by atoms with Crippen LogP contribution in [0.15, 0.2) is 29.0 Å². The third-order valence-corrected chi connectivity index (χ3v) is 3.74. The Morgan fingerprint density at radius 1 is 1.47 bits per heavy atom. The van der Waals surface area contributed by atoms with E-state index in [2.05, 4.69) is 4.98 Å². The Morgan fingerprint density at radius 2 is 2.32 bits per heavy atom. The fourth-order valence-electron chi connectivity index (χ4n) is 2.43. The third-order valence-electron chi connectivity index (χ3n) is 3.74. The molecule has 0 spiro atoms. The maximum atomic E-state index is 11.3. The molecule has 1 aromatic heterocycles. The molecule has 19 heavy (non-hydrogen) atoms. The number of fused-ring (bicyclic) bond motifs is 1. The van der Waals surface area contributed by atoms with Gasteiger partial charge < -0.3 is 13.9 Å². The smallest absolute Gasteiger partial charge is 0.305 e. The molecule has 3 rings (SSSR count). The second kappa shape index (κ2) is 4.66. The number of carbonyl (C=O) groups is 1. The molecule has 1 aromatic carbocycles. The highest BCUT2D eigenvalue weighted by Crippen LogP contribution is 2.38. The van der Waals surface area contributed by atoms with Crippen molar-refractivity contribution in [3.63, 3.8) is 0 Å². The van der Waals surface area contributed by atoms with Gasteiger partial charge in [0.1, 0.15) is 5.52 Å². The Bertz CT molecular complexity index is 600. The standard InChI is InChI=1S/C14H15NO4/c1-17-13(16)4-5-14(7-18-8-14)10-2-3-11-12(6-10)19-9-15-11/h2-3,6,9H,4-5,7-8H2,1H3. The maximum absolute atomic E-state index is 11.3. The van der Waals surface area contributed by atoms with Crippen molar-refractivity contribution in [2.75, 3.05) is 20.3 Å². The summed E-state index contributed by atoms with van der Waals surface area (Å²) in [4.78, 5) is 15.4. The molecule has 1 aliphatic heterocycles. The number of hydrogen-bond donors (Lipinski definition) is 0. The van der Waals surface area contributed by atoms with Crippen LogP contribution in [0.1, 0.15) is 18.4 Å². The SMILES string of the molecule is COC(=O)CCC1(c2ccc3ncoc3c2)COC1. The first-order valence-corrected chi connectivity index (χ1v) is 6.22. The Kier molecular flexibility index (Phi) is 2.98. The molecule has 1 aliphatic rings. The highest BCUT2D eigenvalue weighted by Gasteiger charge is 2.40. The minimum absolute atomic E-state index is 0.102. The average Bonchev–Trinajstić information content (AvgIpc) is 2.84. The number of carbonyl (C=O) groups excluding carboxylic acids is 1. The molecule has 0 bridgehead atoms. The maximum Gasteiger partial charge on any atom is 0.305 e. The molecule has 2 aromatic rings. The van der Waals surface area contributed by atoms with Gasteiger partial charge in [-0.1, -0.05) is 6.07 Å². The van der Waals surface area contributed by atoms with Gasteiger partial charge in [0, 0.05) is 11.8 Å². The fourth-order valence-corrected chi connectivity index (χ4v) is 2.43. The zero-order valence-electron chi connectivity index (χ0n) is 10.7. The van der Waals surface area contributed by atoms with Crippen LogP contribution in [0.2, 0.25) is 0 Å². The van der Waals surface area contributed by atoms with Crippen molar-refractivity contribution >= 4 is 17.1 Å². The summed E-state index contributed by atoms with van der Waals surface area (Å²) in [7, 11) is 1.41. The summed E-state index contributed by atoms with van der Waals surface area (Å²) in [6.45, 7) is 1.26. The minimum Gasteiger partial charge on any atom is -0.469 e. The zero-order chi connectivity index (χ0) is 13.3. The normalized spacial score (nSPS) is 17.1. The van der Waals surface area contributed by atoms with Gasteiger partial charge in [-0.3, -0.25) is 4.79 Å². The number of methoxy groups -OCH3 is 1. The molecule has 0 aliphatic carbocycles. The Labute approximate surface area is 110 Å². The van der Waals surface area contributed by atoms with Crippen LogP contribution in [0.3, 0.4) is 0 Å². The lowest BCUT2D eigenvalue weighted by atomic mass is 9.75. The van der Waals surface area contributed by atoms with Crippen LogP contribution < -0.4 is 0 Å². The van der Waals surface area contributed by atoms with Gasteiger partial charge in [-0.05, 0) is 24.1 Å². The molecule has 2 heterocycles. The van der Waals surface area contributed by atoms with Crippen LogP contribution >= 0.6 is 0 Å². The number of oxazole rings is 1. The van der Waals surface area contributed by atoms with Gasteiger partial charge in [0.05, 0.1) is 20.3 Å². The first-order chi connectivity index (χ1) is 9.23. The first-order valence-electron chi connectivity index (χ1n) is 6.22. The lowest BCUT2D eigenvalue weighted by Gasteiger charge is -2.41. The molecule has 0 amide bonds. The van der Waals surface area contributed by atoms with Crippen molar-refractivity contribution in [1.29, 1.82) is 0 Å². The molecule has 0 radical (unpaired) electrons. The monoisotopic (exact) mass is 261 g/mol. The average molecular weight is 261 g/mol. The van der Waals surface area contributed by atoms with Crippen LogP contribution in [-0.4, -0.2) is 31.3 Å². The van der Waals surface area contributed by atoms with Crippen molar-refractivity contribution < 1.29 is 18.7 Å². The fraction of sp³-hybridized carbons (Fsp3) is 0.429. The molecule has 5 nitrogen and oxygen atoms in total. The summed E-state index contributed by atoms with van der Waals surface area (Å²) in [5, 5.41) is 0.